The van der Waals surface area contributed by atoms with E-state index in [0.29, 0.717) is 5.69 Å². The average Bonchev–Trinajstić information content (AvgIpc) is 2.28. The van der Waals surface area contributed by atoms with Crippen molar-refractivity contribution in [2.45, 2.75) is 32.8 Å². The van der Waals surface area contributed by atoms with Gasteiger partial charge in [0.2, 0.25) is 0 Å². The Morgan fingerprint density at radius 2 is 2.12 bits per heavy atom. The maximum Gasteiger partial charge on any atom is 0.123 e. The van der Waals surface area contributed by atoms with Crippen LogP contribution in [0.3, 0.4) is 0 Å². The van der Waals surface area contributed by atoms with Gasteiger partial charge >= 0.3 is 0 Å². The monoisotopic (exact) mass is 236 g/mol. The molecule has 0 atom stereocenters. The first-order valence-electron chi connectivity index (χ1n) is 6.13. The first kappa shape index (κ1) is 12.0. The summed E-state index contributed by atoms with van der Waals surface area (Å²) in [6.45, 7) is 5.68. The second kappa shape index (κ2) is 5.27. The molecule has 1 aliphatic rings. The zero-order chi connectivity index (χ0) is 12.3. The number of nitrogen functional groups attached to an aromatic ring is 1. The van der Waals surface area contributed by atoms with Crippen LogP contribution in [0.25, 0.3) is 0 Å². The number of rotatable bonds is 3. The number of nitrogens with zero attached hydrogens (tertiary/aromatic N) is 1. The minimum absolute atomic E-state index is 0.145. The van der Waals surface area contributed by atoms with Gasteiger partial charge in [0.05, 0.1) is 18.4 Å². The Morgan fingerprint density at radius 3 is 2.76 bits per heavy atom. The van der Waals surface area contributed by atoms with Crippen LogP contribution in [0.15, 0.2) is 18.2 Å². The van der Waals surface area contributed by atoms with Crippen LogP contribution in [0, 0.1) is 0 Å². The van der Waals surface area contributed by atoms with Gasteiger partial charge < -0.3 is 10.5 Å². The lowest BCUT2D eigenvalue weighted by atomic mass is 10.2. The van der Waals surface area contributed by atoms with Crippen molar-refractivity contribution in [1.82, 2.24) is 0 Å². The lowest BCUT2D eigenvalue weighted by molar-refractivity contribution is 0.0777. The number of ether oxygens (including phenoxy) is 1. The molecular weight excluding hydrogens is 216 g/mol. The third-order valence-corrected chi connectivity index (χ3v) is 2.58. The van der Waals surface area contributed by atoms with Gasteiger partial charge in [-0.25, -0.2) is 0 Å². The van der Waals surface area contributed by atoms with E-state index in [-0.39, 0.29) is 6.10 Å². The molecule has 1 aliphatic heterocycles. The molecule has 0 bridgehead atoms. The number of nitrogens with two attached hydrogens (primary N) is 1. The zero-order valence-corrected chi connectivity index (χ0v) is 10.5. The molecule has 1 aromatic carbocycles. The van der Waals surface area contributed by atoms with Crippen molar-refractivity contribution >= 4 is 11.4 Å². The van der Waals surface area contributed by atoms with Gasteiger partial charge in [0, 0.05) is 24.4 Å². The molecule has 1 fully saturated rings. The highest BCUT2D eigenvalue weighted by Gasteiger charge is 2.13. The molecule has 0 unspecified atom stereocenters. The van der Waals surface area contributed by atoms with E-state index >= 15 is 0 Å². The molecule has 0 aromatic heterocycles. The molecule has 4 nitrogen and oxygen atoms in total. The van der Waals surface area contributed by atoms with Crippen LogP contribution in [0.5, 0.6) is 5.75 Å². The molecule has 1 saturated heterocycles. The molecular formula is C13H20N2O2. The summed E-state index contributed by atoms with van der Waals surface area (Å²) in [6, 6.07) is 5.73. The van der Waals surface area contributed by atoms with Gasteiger partial charge in [-0.2, -0.15) is 0 Å². The third-order valence-electron chi connectivity index (χ3n) is 2.58. The van der Waals surface area contributed by atoms with Crippen molar-refractivity contribution in [3.8, 4) is 5.75 Å². The number of hydrogen-bond acceptors (Lipinski definition) is 4. The summed E-state index contributed by atoms with van der Waals surface area (Å²) in [5.74, 6) is 0.796. The molecule has 0 saturated carbocycles. The van der Waals surface area contributed by atoms with Crippen molar-refractivity contribution in [3.05, 3.63) is 18.2 Å². The van der Waals surface area contributed by atoms with E-state index in [2.05, 4.69) is 0 Å². The van der Waals surface area contributed by atoms with Gasteiger partial charge in [-0.1, -0.05) is 0 Å². The molecule has 94 valence electrons. The van der Waals surface area contributed by atoms with E-state index in [1.54, 1.807) is 0 Å². The highest BCUT2D eigenvalue weighted by Crippen LogP contribution is 2.27. The van der Waals surface area contributed by atoms with Crippen molar-refractivity contribution in [1.29, 1.82) is 0 Å². The minimum atomic E-state index is 0.145. The number of hydrogen-bond donors (Lipinski definition) is 1. The Bertz CT molecular complexity index is 374. The van der Waals surface area contributed by atoms with Crippen molar-refractivity contribution in [2.75, 3.05) is 23.9 Å². The summed E-state index contributed by atoms with van der Waals surface area (Å²) in [6.07, 6.45) is 2.41. The van der Waals surface area contributed by atoms with Gasteiger partial charge in [-0.15, -0.1) is 0 Å². The quantitative estimate of drug-likeness (QED) is 0.819. The Balaban J connectivity index is 2.18. The van der Waals surface area contributed by atoms with E-state index in [1.165, 1.54) is 0 Å². The van der Waals surface area contributed by atoms with E-state index in [0.717, 1.165) is 37.4 Å². The lowest BCUT2D eigenvalue weighted by Crippen LogP contribution is -2.29. The number of benzene rings is 1. The second-order valence-corrected chi connectivity index (χ2v) is 4.57. The number of anilines is 2. The van der Waals surface area contributed by atoms with E-state index in [4.69, 9.17) is 15.3 Å². The van der Waals surface area contributed by atoms with Crippen LogP contribution in [0.1, 0.15) is 26.7 Å². The summed E-state index contributed by atoms with van der Waals surface area (Å²) in [7, 11) is 0. The Labute approximate surface area is 102 Å². The van der Waals surface area contributed by atoms with Crippen molar-refractivity contribution in [2.24, 2.45) is 0 Å². The van der Waals surface area contributed by atoms with Crippen LogP contribution < -0.4 is 15.5 Å². The Kier molecular flexibility index (Phi) is 3.74. The fourth-order valence-corrected chi connectivity index (χ4v) is 1.89. The Morgan fingerprint density at radius 1 is 1.29 bits per heavy atom. The second-order valence-electron chi connectivity index (χ2n) is 4.57. The molecule has 0 aliphatic carbocycles. The Hall–Kier alpha value is -1.42. The lowest BCUT2D eigenvalue weighted by Gasteiger charge is -2.28. The normalized spacial score (nSPS) is 16.3. The standard InChI is InChI=1S/C13H20N2O2/c1-10(2)17-13-8-11(14)7-12(9-13)15-5-3-4-6-16-15/h7-10H,3-6,14H2,1-2H3. The van der Waals surface area contributed by atoms with Gasteiger partial charge in [-0.3, -0.25) is 9.90 Å². The summed E-state index contributed by atoms with van der Waals surface area (Å²) >= 11 is 0. The highest BCUT2D eigenvalue weighted by atomic mass is 16.7. The van der Waals surface area contributed by atoms with Crippen LogP contribution >= 0.6 is 0 Å². The summed E-state index contributed by atoms with van der Waals surface area (Å²) in [5.41, 5.74) is 7.55. The maximum absolute atomic E-state index is 5.88. The molecule has 17 heavy (non-hydrogen) atoms. The third kappa shape index (κ3) is 3.27. The zero-order valence-electron chi connectivity index (χ0n) is 10.5. The van der Waals surface area contributed by atoms with Gasteiger partial charge in [-0.05, 0) is 32.8 Å². The van der Waals surface area contributed by atoms with Gasteiger partial charge in [0.15, 0.2) is 0 Å². The molecule has 2 rings (SSSR count). The fraction of sp³-hybridized carbons (Fsp3) is 0.538. The van der Waals surface area contributed by atoms with Crippen LogP contribution in [0.2, 0.25) is 0 Å². The molecule has 2 N–H and O–H groups in total. The maximum atomic E-state index is 5.88. The molecule has 1 heterocycles. The fourth-order valence-electron chi connectivity index (χ4n) is 1.89. The molecule has 0 amide bonds. The SMILES string of the molecule is CC(C)Oc1cc(N)cc(N2CCCCO2)c1. The van der Waals surface area contributed by atoms with Gasteiger partial charge in [0.25, 0.3) is 0 Å². The molecule has 0 spiro atoms. The predicted molar refractivity (Wildman–Crippen MR) is 69.2 cm³/mol. The van der Waals surface area contributed by atoms with E-state index < -0.39 is 0 Å². The number of hydroxylamine groups is 1. The summed E-state index contributed by atoms with van der Waals surface area (Å²) < 4.78 is 5.66. The van der Waals surface area contributed by atoms with Crippen molar-refractivity contribution < 1.29 is 9.57 Å². The largest absolute Gasteiger partial charge is 0.491 e. The summed E-state index contributed by atoms with van der Waals surface area (Å²) in [4.78, 5) is 5.60. The van der Waals surface area contributed by atoms with Crippen molar-refractivity contribution in [3.63, 3.8) is 0 Å². The first-order valence-corrected chi connectivity index (χ1v) is 6.13. The topological polar surface area (TPSA) is 47.7 Å². The van der Waals surface area contributed by atoms with E-state index in [9.17, 15) is 0 Å². The van der Waals surface area contributed by atoms with E-state index in [1.807, 2.05) is 37.1 Å². The predicted octanol–water partition coefficient (Wildman–Crippen LogP) is 2.59. The van der Waals surface area contributed by atoms with Gasteiger partial charge in [0.1, 0.15) is 5.75 Å². The first-order chi connectivity index (χ1) is 8.15. The smallest absolute Gasteiger partial charge is 0.123 e. The van der Waals surface area contributed by atoms with Crippen LogP contribution in [-0.2, 0) is 4.84 Å². The average molecular weight is 236 g/mol. The molecule has 0 radical (unpaired) electrons. The highest BCUT2D eigenvalue weighted by molar-refractivity contribution is 5.59. The molecule has 1 aromatic rings. The minimum Gasteiger partial charge on any atom is -0.491 e. The van der Waals surface area contributed by atoms with Crippen LogP contribution in [0.4, 0.5) is 11.4 Å². The molecule has 4 heteroatoms. The summed E-state index contributed by atoms with van der Waals surface area (Å²) in [5, 5.41) is 1.90. The van der Waals surface area contributed by atoms with Crippen LogP contribution in [-0.4, -0.2) is 19.3 Å².